The highest BCUT2D eigenvalue weighted by atomic mass is 32.1. The Kier molecular flexibility index (Phi) is 7.23. The van der Waals surface area contributed by atoms with Crippen molar-refractivity contribution in [1.29, 1.82) is 0 Å². The van der Waals surface area contributed by atoms with Gasteiger partial charge in [0.2, 0.25) is 5.91 Å². The minimum absolute atomic E-state index is 0.110. The first-order valence-electron chi connectivity index (χ1n) is 9.46. The van der Waals surface area contributed by atoms with Gasteiger partial charge < -0.3 is 10.1 Å². The first-order valence-corrected chi connectivity index (χ1v) is 10.3. The third kappa shape index (κ3) is 5.16. The summed E-state index contributed by atoms with van der Waals surface area (Å²) < 4.78 is 5.31. The van der Waals surface area contributed by atoms with Crippen LogP contribution in [0.5, 0.6) is 0 Å². The van der Waals surface area contributed by atoms with E-state index in [0.717, 1.165) is 25.9 Å². The third-order valence-electron chi connectivity index (χ3n) is 4.85. The van der Waals surface area contributed by atoms with E-state index in [9.17, 15) is 4.79 Å². The fourth-order valence-corrected chi connectivity index (χ4v) is 4.34. The number of carbonyl (C=O) groups excluding carboxylic acids is 1. The highest BCUT2D eigenvalue weighted by molar-refractivity contribution is 7.10. The lowest BCUT2D eigenvalue weighted by Crippen LogP contribution is -2.40. The Morgan fingerprint density at radius 1 is 1.31 bits per heavy atom. The SMILES string of the molecule is CCOCCCC(=O)NCC(c1ccccc1)N1CCc2sccc2C1. The fraction of sp³-hybridized carbons (Fsp3) is 0.476. The number of nitrogens with one attached hydrogen (secondary N) is 1. The number of amides is 1. The minimum atomic E-state index is 0.110. The van der Waals surface area contributed by atoms with Crippen molar-refractivity contribution in [3.05, 3.63) is 57.8 Å². The van der Waals surface area contributed by atoms with Gasteiger partial charge in [0.05, 0.1) is 6.04 Å². The Balaban J connectivity index is 1.61. The van der Waals surface area contributed by atoms with Crippen LogP contribution < -0.4 is 5.32 Å². The van der Waals surface area contributed by atoms with Gasteiger partial charge in [0.15, 0.2) is 0 Å². The molecule has 0 bridgehead atoms. The molecule has 1 N–H and O–H groups in total. The summed E-state index contributed by atoms with van der Waals surface area (Å²) in [6, 6.07) is 13.0. The summed E-state index contributed by atoms with van der Waals surface area (Å²) in [5, 5.41) is 5.33. The molecule has 1 atom stereocenters. The van der Waals surface area contributed by atoms with Crippen LogP contribution in [0.3, 0.4) is 0 Å². The molecular formula is C21H28N2O2S. The van der Waals surface area contributed by atoms with Crippen LogP contribution >= 0.6 is 11.3 Å². The second-order valence-electron chi connectivity index (χ2n) is 6.62. The number of carbonyl (C=O) groups is 1. The van der Waals surface area contributed by atoms with Crippen molar-refractivity contribution in [1.82, 2.24) is 10.2 Å². The van der Waals surface area contributed by atoms with Gasteiger partial charge in [-0.3, -0.25) is 9.69 Å². The van der Waals surface area contributed by atoms with Crippen LogP contribution in [0.4, 0.5) is 0 Å². The second-order valence-corrected chi connectivity index (χ2v) is 7.62. The highest BCUT2D eigenvalue weighted by Gasteiger charge is 2.25. The van der Waals surface area contributed by atoms with Gasteiger partial charge in [-0.05, 0) is 42.3 Å². The summed E-state index contributed by atoms with van der Waals surface area (Å²) in [7, 11) is 0. The molecule has 1 aliphatic heterocycles. The quantitative estimate of drug-likeness (QED) is 0.681. The van der Waals surface area contributed by atoms with Crippen LogP contribution in [-0.2, 0) is 22.5 Å². The molecule has 5 heteroatoms. The number of hydrogen-bond acceptors (Lipinski definition) is 4. The van der Waals surface area contributed by atoms with E-state index < -0.39 is 0 Å². The lowest BCUT2D eigenvalue weighted by atomic mass is 10.0. The van der Waals surface area contributed by atoms with Gasteiger partial charge in [-0.1, -0.05) is 30.3 Å². The number of thiophene rings is 1. The minimum Gasteiger partial charge on any atom is -0.382 e. The number of rotatable bonds is 9. The van der Waals surface area contributed by atoms with Crippen LogP contribution in [-0.4, -0.2) is 37.1 Å². The molecule has 2 heterocycles. The zero-order valence-corrected chi connectivity index (χ0v) is 16.3. The van der Waals surface area contributed by atoms with Crippen LogP contribution in [0.25, 0.3) is 0 Å². The maximum Gasteiger partial charge on any atom is 0.220 e. The van der Waals surface area contributed by atoms with Gasteiger partial charge in [0, 0.05) is 44.1 Å². The van der Waals surface area contributed by atoms with Crippen molar-refractivity contribution in [2.45, 2.75) is 38.8 Å². The van der Waals surface area contributed by atoms with E-state index in [1.165, 1.54) is 16.0 Å². The molecule has 2 aromatic rings. The number of nitrogens with zero attached hydrogens (tertiary/aromatic N) is 1. The lowest BCUT2D eigenvalue weighted by Gasteiger charge is -2.35. The van der Waals surface area contributed by atoms with Crippen molar-refractivity contribution in [3.8, 4) is 0 Å². The summed E-state index contributed by atoms with van der Waals surface area (Å²) in [6.07, 6.45) is 2.40. The highest BCUT2D eigenvalue weighted by Crippen LogP contribution is 2.30. The van der Waals surface area contributed by atoms with Crippen molar-refractivity contribution < 1.29 is 9.53 Å². The van der Waals surface area contributed by atoms with Crippen LogP contribution in [0, 0.1) is 0 Å². The number of ether oxygens (including phenoxy) is 1. The van der Waals surface area contributed by atoms with Crippen molar-refractivity contribution in [2.24, 2.45) is 0 Å². The van der Waals surface area contributed by atoms with Crippen LogP contribution in [0.1, 0.15) is 41.8 Å². The average Bonchev–Trinajstić information content (AvgIpc) is 3.14. The molecule has 0 aliphatic carbocycles. The second kappa shape index (κ2) is 9.86. The normalized spacial score (nSPS) is 15.4. The monoisotopic (exact) mass is 372 g/mol. The molecule has 26 heavy (non-hydrogen) atoms. The molecule has 0 radical (unpaired) electrons. The molecule has 0 saturated heterocycles. The standard InChI is InChI=1S/C21H28N2O2S/c1-2-25-13-6-9-21(24)22-15-19(17-7-4-3-5-8-17)23-12-10-20-18(16-23)11-14-26-20/h3-5,7-8,11,14,19H,2,6,9-10,12-13,15-16H2,1H3,(H,22,24). The third-order valence-corrected chi connectivity index (χ3v) is 5.87. The van der Waals surface area contributed by atoms with E-state index in [2.05, 4.69) is 45.9 Å². The molecule has 0 spiro atoms. The first kappa shape index (κ1) is 19.1. The number of hydrogen-bond donors (Lipinski definition) is 1. The molecular weight excluding hydrogens is 344 g/mol. The van der Waals surface area contributed by atoms with Gasteiger partial charge in [-0.2, -0.15) is 0 Å². The van der Waals surface area contributed by atoms with E-state index in [1.54, 1.807) is 0 Å². The fourth-order valence-electron chi connectivity index (χ4n) is 3.45. The summed E-state index contributed by atoms with van der Waals surface area (Å²) in [6.45, 7) is 5.97. The molecule has 1 aromatic heterocycles. The number of benzene rings is 1. The molecule has 0 fully saturated rings. The molecule has 1 aromatic carbocycles. The number of fused-ring (bicyclic) bond motifs is 1. The maximum absolute atomic E-state index is 12.2. The Morgan fingerprint density at radius 3 is 2.96 bits per heavy atom. The van der Waals surface area contributed by atoms with Crippen molar-refractivity contribution in [2.75, 3.05) is 26.3 Å². The summed E-state index contributed by atoms with van der Waals surface area (Å²) in [5.41, 5.74) is 2.70. The smallest absolute Gasteiger partial charge is 0.220 e. The Morgan fingerprint density at radius 2 is 2.15 bits per heavy atom. The first-order chi connectivity index (χ1) is 12.8. The Bertz CT molecular complexity index is 686. The van der Waals surface area contributed by atoms with E-state index in [-0.39, 0.29) is 11.9 Å². The Hall–Kier alpha value is -1.69. The molecule has 4 nitrogen and oxygen atoms in total. The lowest BCUT2D eigenvalue weighted by molar-refractivity contribution is -0.121. The largest absolute Gasteiger partial charge is 0.382 e. The zero-order valence-electron chi connectivity index (χ0n) is 15.4. The summed E-state index contributed by atoms with van der Waals surface area (Å²) >= 11 is 1.86. The van der Waals surface area contributed by atoms with Gasteiger partial charge in [-0.25, -0.2) is 0 Å². The van der Waals surface area contributed by atoms with Crippen molar-refractivity contribution in [3.63, 3.8) is 0 Å². The van der Waals surface area contributed by atoms with Crippen molar-refractivity contribution >= 4 is 17.2 Å². The average molecular weight is 373 g/mol. The van der Waals surface area contributed by atoms with E-state index in [0.29, 0.717) is 26.2 Å². The van der Waals surface area contributed by atoms with E-state index in [1.807, 2.05) is 24.3 Å². The zero-order chi connectivity index (χ0) is 18.2. The molecule has 3 rings (SSSR count). The van der Waals surface area contributed by atoms with E-state index >= 15 is 0 Å². The van der Waals surface area contributed by atoms with Crippen LogP contribution in [0.15, 0.2) is 41.8 Å². The summed E-state index contributed by atoms with van der Waals surface area (Å²) in [4.78, 5) is 16.2. The van der Waals surface area contributed by atoms with E-state index in [4.69, 9.17) is 4.74 Å². The summed E-state index contributed by atoms with van der Waals surface area (Å²) in [5.74, 6) is 0.110. The maximum atomic E-state index is 12.2. The van der Waals surface area contributed by atoms with Gasteiger partial charge in [0.1, 0.15) is 0 Å². The molecule has 1 amide bonds. The van der Waals surface area contributed by atoms with Gasteiger partial charge >= 0.3 is 0 Å². The predicted octanol–water partition coefficient (Wildman–Crippen LogP) is 3.78. The Labute approximate surface area is 160 Å². The molecule has 1 aliphatic rings. The van der Waals surface area contributed by atoms with Gasteiger partial charge in [-0.15, -0.1) is 11.3 Å². The molecule has 0 saturated carbocycles. The van der Waals surface area contributed by atoms with Crippen LogP contribution in [0.2, 0.25) is 0 Å². The molecule has 140 valence electrons. The topological polar surface area (TPSA) is 41.6 Å². The predicted molar refractivity (Wildman–Crippen MR) is 106 cm³/mol. The molecule has 1 unspecified atom stereocenters. The van der Waals surface area contributed by atoms with Gasteiger partial charge in [0.25, 0.3) is 0 Å².